The van der Waals surface area contributed by atoms with Crippen LogP contribution in [0.3, 0.4) is 0 Å². The molecule has 0 aromatic carbocycles. The molecule has 0 radical (unpaired) electrons. The second-order valence-corrected chi connectivity index (χ2v) is 5.05. The van der Waals surface area contributed by atoms with Crippen molar-refractivity contribution >= 4 is 23.6 Å². The summed E-state index contributed by atoms with van der Waals surface area (Å²) in [5, 5.41) is 10.1. The Balaban J connectivity index is 2.26. The maximum atomic E-state index is 5.21. The van der Waals surface area contributed by atoms with E-state index in [4.69, 9.17) is 17.0 Å². The van der Waals surface area contributed by atoms with E-state index in [1.165, 1.54) is 0 Å². The molecular formula is C10H14N4OS2. The van der Waals surface area contributed by atoms with E-state index in [0.29, 0.717) is 11.4 Å². The third-order valence-electron chi connectivity index (χ3n) is 2.34. The second-order valence-electron chi connectivity index (χ2n) is 3.60. The molecule has 0 unspecified atom stereocenters. The molecule has 92 valence electrons. The standard InChI is InChI=1S/C10H14N4OS2/c1-7-11-8(6-17-7)9-12-13-10(16)14(9)4-3-5-15-2/h6H,3-5H2,1-2H3,(H,13,16). The summed E-state index contributed by atoms with van der Waals surface area (Å²) in [6.07, 6.45) is 0.903. The lowest BCUT2D eigenvalue weighted by Crippen LogP contribution is -2.04. The lowest BCUT2D eigenvalue weighted by molar-refractivity contribution is 0.190. The van der Waals surface area contributed by atoms with Crippen molar-refractivity contribution in [2.45, 2.75) is 19.9 Å². The van der Waals surface area contributed by atoms with Gasteiger partial charge in [0, 0.05) is 25.6 Å². The molecular weight excluding hydrogens is 256 g/mol. The summed E-state index contributed by atoms with van der Waals surface area (Å²) in [6.45, 7) is 3.47. The van der Waals surface area contributed by atoms with Crippen LogP contribution in [0.1, 0.15) is 11.4 Å². The minimum atomic E-state index is 0.627. The quantitative estimate of drug-likeness (QED) is 0.669. The van der Waals surface area contributed by atoms with Gasteiger partial charge in [-0.15, -0.1) is 11.3 Å². The van der Waals surface area contributed by atoms with Crippen LogP contribution >= 0.6 is 23.6 Å². The smallest absolute Gasteiger partial charge is 0.195 e. The van der Waals surface area contributed by atoms with E-state index in [0.717, 1.165) is 29.5 Å². The lowest BCUT2D eigenvalue weighted by Gasteiger charge is -2.04. The van der Waals surface area contributed by atoms with Gasteiger partial charge in [0.15, 0.2) is 10.6 Å². The lowest BCUT2D eigenvalue weighted by atomic mass is 10.4. The van der Waals surface area contributed by atoms with Gasteiger partial charge in [-0.25, -0.2) is 4.98 Å². The van der Waals surface area contributed by atoms with Crippen LogP contribution < -0.4 is 0 Å². The second kappa shape index (κ2) is 5.52. The molecule has 5 nitrogen and oxygen atoms in total. The molecule has 2 aromatic rings. The Morgan fingerprint density at radius 1 is 1.59 bits per heavy atom. The summed E-state index contributed by atoms with van der Waals surface area (Å²) in [5.74, 6) is 0.801. The monoisotopic (exact) mass is 270 g/mol. The molecule has 2 aromatic heterocycles. The van der Waals surface area contributed by atoms with Gasteiger partial charge in [0.05, 0.1) is 5.01 Å². The molecule has 17 heavy (non-hydrogen) atoms. The fourth-order valence-electron chi connectivity index (χ4n) is 1.55. The van der Waals surface area contributed by atoms with E-state index < -0.39 is 0 Å². The maximum Gasteiger partial charge on any atom is 0.195 e. The van der Waals surface area contributed by atoms with Crippen LogP contribution in [0, 0.1) is 11.7 Å². The third-order valence-corrected chi connectivity index (χ3v) is 3.42. The van der Waals surface area contributed by atoms with Crippen molar-refractivity contribution < 1.29 is 4.74 Å². The van der Waals surface area contributed by atoms with Crippen molar-refractivity contribution in [3.63, 3.8) is 0 Å². The van der Waals surface area contributed by atoms with E-state index in [-0.39, 0.29) is 0 Å². The molecule has 0 fully saturated rings. The molecule has 7 heteroatoms. The molecule has 2 rings (SSSR count). The van der Waals surface area contributed by atoms with Gasteiger partial charge in [-0.05, 0) is 25.6 Å². The topological polar surface area (TPSA) is 55.7 Å². The van der Waals surface area contributed by atoms with Gasteiger partial charge in [-0.2, -0.15) is 5.10 Å². The van der Waals surface area contributed by atoms with Crippen molar-refractivity contribution in [1.29, 1.82) is 0 Å². The number of rotatable bonds is 5. The molecule has 0 atom stereocenters. The van der Waals surface area contributed by atoms with E-state index in [2.05, 4.69) is 15.2 Å². The van der Waals surface area contributed by atoms with E-state index >= 15 is 0 Å². The summed E-state index contributed by atoms with van der Waals surface area (Å²) in [6, 6.07) is 0. The van der Waals surface area contributed by atoms with Crippen LogP contribution in [0.15, 0.2) is 5.38 Å². The van der Waals surface area contributed by atoms with Gasteiger partial charge in [0.25, 0.3) is 0 Å². The van der Waals surface area contributed by atoms with Gasteiger partial charge in [0.2, 0.25) is 0 Å². The van der Waals surface area contributed by atoms with E-state index in [1.54, 1.807) is 18.4 Å². The molecule has 1 N–H and O–H groups in total. The fraction of sp³-hybridized carbons (Fsp3) is 0.500. The zero-order valence-corrected chi connectivity index (χ0v) is 11.4. The van der Waals surface area contributed by atoms with Crippen molar-refractivity contribution in [3.8, 4) is 11.5 Å². The zero-order valence-electron chi connectivity index (χ0n) is 9.77. The summed E-state index contributed by atoms with van der Waals surface area (Å²) >= 11 is 6.82. The number of aryl methyl sites for hydroxylation is 1. The van der Waals surface area contributed by atoms with Crippen LogP contribution in [-0.4, -0.2) is 33.5 Å². The van der Waals surface area contributed by atoms with Crippen LogP contribution in [-0.2, 0) is 11.3 Å². The summed E-state index contributed by atoms with van der Waals surface area (Å²) < 4.78 is 7.63. The molecule has 0 spiro atoms. The molecule has 0 aliphatic heterocycles. The average molecular weight is 270 g/mol. The molecule has 0 saturated carbocycles. The Morgan fingerprint density at radius 3 is 3.06 bits per heavy atom. The first kappa shape index (κ1) is 12.4. The highest BCUT2D eigenvalue weighted by Gasteiger charge is 2.11. The first-order chi connectivity index (χ1) is 8.22. The predicted octanol–water partition coefficient (Wildman–Crippen LogP) is 2.41. The van der Waals surface area contributed by atoms with Gasteiger partial charge in [-0.1, -0.05) is 0 Å². The Hall–Kier alpha value is -1.05. The largest absolute Gasteiger partial charge is 0.385 e. The molecule has 2 heterocycles. The van der Waals surface area contributed by atoms with Crippen LogP contribution in [0.4, 0.5) is 0 Å². The number of methoxy groups -OCH3 is 1. The number of H-pyrrole nitrogens is 1. The number of hydrogen-bond acceptors (Lipinski definition) is 5. The normalized spacial score (nSPS) is 10.9. The molecule has 0 aliphatic rings. The van der Waals surface area contributed by atoms with E-state index in [9.17, 15) is 0 Å². The summed E-state index contributed by atoms with van der Waals surface area (Å²) in [5.41, 5.74) is 0.872. The van der Waals surface area contributed by atoms with Crippen LogP contribution in [0.2, 0.25) is 0 Å². The molecule has 0 aliphatic carbocycles. The van der Waals surface area contributed by atoms with Gasteiger partial charge in [0.1, 0.15) is 5.69 Å². The zero-order chi connectivity index (χ0) is 12.3. The highest BCUT2D eigenvalue weighted by Crippen LogP contribution is 2.19. The first-order valence-corrected chi connectivity index (χ1v) is 6.58. The summed E-state index contributed by atoms with van der Waals surface area (Å²) in [7, 11) is 1.69. The number of aromatic nitrogens is 4. The maximum absolute atomic E-state index is 5.21. The SMILES string of the molecule is COCCCn1c(-c2csc(C)n2)n[nH]c1=S. The molecule has 0 bridgehead atoms. The third kappa shape index (κ3) is 2.80. The van der Waals surface area contributed by atoms with Crippen LogP contribution in [0.25, 0.3) is 11.5 Å². The van der Waals surface area contributed by atoms with Crippen molar-refractivity contribution in [1.82, 2.24) is 19.7 Å². The van der Waals surface area contributed by atoms with Crippen molar-refractivity contribution in [3.05, 3.63) is 15.2 Å². The number of aromatic amines is 1. The number of nitrogens with one attached hydrogen (secondary N) is 1. The average Bonchev–Trinajstić information content (AvgIpc) is 2.87. The van der Waals surface area contributed by atoms with Gasteiger partial charge >= 0.3 is 0 Å². The van der Waals surface area contributed by atoms with Crippen LogP contribution in [0.5, 0.6) is 0 Å². The Bertz CT molecular complexity index is 542. The number of ether oxygens (including phenoxy) is 1. The van der Waals surface area contributed by atoms with Crippen molar-refractivity contribution in [2.24, 2.45) is 0 Å². The predicted molar refractivity (Wildman–Crippen MR) is 69.7 cm³/mol. The van der Waals surface area contributed by atoms with Gasteiger partial charge < -0.3 is 4.74 Å². The minimum Gasteiger partial charge on any atom is -0.385 e. The van der Waals surface area contributed by atoms with Gasteiger partial charge in [-0.3, -0.25) is 9.67 Å². The summed E-state index contributed by atoms with van der Waals surface area (Å²) in [4.78, 5) is 4.42. The Labute approximate surface area is 108 Å². The highest BCUT2D eigenvalue weighted by atomic mass is 32.1. The Morgan fingerprint density at radius 2 is 2.41 bits per heavy atom. The highest BCUT2D eigenvalue weighted by molar-refractivity contribution is 7.71. The number of thiazole rings is 1. The minimum absolute atomic E-state index is 0.627. The number of hydrogen-bond donors (Lipinski definition) is 1. The fourth-order valence-corrected chi connectivity index (χ4v) is 2.37. The first-order valence-electron chi connectivity index (χ1n) is 5.29. The molecule has 0 saturated heterocycles. The number of nitrogens with zero attached hydrogens (tertiary/aromatic N) is 3. The molecule has 0 amide bonds. The Kier molecular flexibility index (Phi) is 4.03. The van der Waals surface area contributed by atoms with E-state index in [1.807, 2.05) is 16.9 Å². The van der Waals surface area contributed by atoms with Crippen molar-refractivity contribution in [2.75, 3.05) is 13.7 Å².